The van der Waals surface area contributed by atoms with Crippen LogP contribution in [0.4, 0.5) is 0 Å². The normalized spacial score (nSPS) is 17.0. The van der Waals surface area contributed by atoms with Crippen LogP contribution in [0.1, 0.15) is 18.4 Å². The van der Waals surface area contributed by atoms with Crippen molar-refractivity contribution in [2.24, 2.45) is 5.92 Å². The van der Waals surface area contributed by atoms with Gasteiger partial charge in [-0.2, -0.15) is 0 Å². The summed E-state index contributed by atoms with van der Waals surface area (Å²) in [5.41, 5.74) is 1.13. The monoisotopic (exact) mass is 235 g/mol. The summed E-state index contributed by atoms with van der Waals surface area (Å²) in [6.07, 6.45) is 3.11. The molecule has 1 aromatic carbocycles. The Morgan fingerprint density at radius 2 is 2.12 bits per heavy atom. The maximum absolute atomic E-state index is 8.90. The fourth-order valence-corrected chi connectivity index (χ4v) is 2.18. The van der Waals surface area contributed by atoms with Crippen molar-refractivity contribution in [1.29, 1.82) is 0 Å². The third kappa shape index (κ3) is 4.02. The number of rotatable bonds is 5. The zero-order chi connectivity index (χ0) is 11.9. The van der Waals surface area contributed by atoms with Gasteiger partial charge in [0.05, 0.1) is 6.61 Å². The highest BCUT2D eigenvalue weighted by Gasteiger charge is 2.13. The van der Waals surface area contributed by atoms with E-state index < -0.39 is 0 Å². The number of piperidine rings is 1. The smallest absolute Gasteiger partial charge is 0.119 e. The summed E-state index contributed by atoms with van der Waals surface area (Å²) in [5, 5.41) is 12.3. The Morgan fingerprint density at radius 3 is 2.88 bits per heavy atom. The Labute approximate surface area is 103 Å². The molecule has 3 heteroatoms. The third-order valence-corrected chi connectivity index (χ3v) is 3.24. The van der Waals surface area contributed by atoms with Crippen LogP contribution in [-0.4, -0.2) is 31.4 Å². The number of nitrogens with one attached hydrogen (secondary N) is 1. The fourth-order valence-electron chi connectivity index (χ4n) is 2.18. The molecule has 2 rings (SSSR count). The number of aliphatic hydroxyl groups is 1. The number of hydrogen-bond acceptors (Lipinski definition) is 3. The summed E-state index contributed by atoms with van der Waals surface area (Å²) >= 11 is 0. The van der Waals surface area contributed by atoms with Gasteiger partial charge < -0.3 is 15.2 Å². The quantitative estimate of drug-likeness (QED) is 0.814. The van der Waals surface area contributed by atoms with Crippen molar-refractivity contribution in [3.05, 3.63) is 29.8 Å². The minimum atomic E-state index is 0.192. The molecule has 1 heterocycles. The predicted molar refractivity (Wildman–Crippen MR) is 68.3 cm³/mol. The molecule has 1 aliphatic heterocycles. The minimum absolute atomic E-state index is 0.192. The summed E-state index contributed by atoms with van der Waals surface area (Å²) in [7, 11) is 0. The molecule has 1 saturated heterocycles. The highest BCUT2D eigenvalue weighted by atomic mass is 16.5. The van der Waals surface area contributed by atoms with Crippen molar-refractivity contribution in [2.45, 2.75) is 19.3 Å². The van der Waals surface area contributed by atoms with E-state index in [1.807, 2.05) is 24.3 Å². The largest absolute Gasteiger partial charge is 0.493 e. The SMILES string of the molecule is OCCc1cccc(OCC2CCNCC2)c1. The molecule has 94 valence electrons. The molecule has 0 amide bonds. The Morgan fingerprint density at radius 1 is 1.29 bits per heavy atom. The van der Waals surface area contributed by atoms with Gasteiger partial charge in [0.25, 0.3) is 0 Å². The van der Waals surface area contributed by atoms with E-state index in [0.29, 0.717) is 12.3 Å². The average Bonchev–Trinajstić information content (AvgIpc) is 2.39. The van der Waals surface area contributed by atoms with Crippen LogP contribution in [0.15, 0.2) is 24.3 Å². The van der Waals surface area contributed by atoms with Gasteiger partial charge in [0.15, 0.2) is 0 Å². The number of hydrogen-bond donors (Lipinski definition) is 2. The highest BCUT2D eigenvalue weighted by molar-refractivity contribution is 5.28. The molecule has 0 aliphatic carbocycles. The molecule has 0 aromatic heterocycles. The summed E-state index contributed by atoms with van der Waals surface area (Å²) in [5.74, 6) is 1.60. The topological polar surface area (TPSA) is 41.5 Å². The van der Waals surface area contributed by atoms with Gasteiger partial charge in [0.1, 0.15) is 5.75 Å². The zero-order valence-corrected chi connectivity index (χ0v) is 10.2. The number of aliphatic hydroxyl groups excluding tert-OH is 1. The van der Waals surface area contributed by atoms with E-state index in [1.54, 1.807) is 0 Å². The Bertz CT molecular complexity index is 335. The summed E-state index contributed by atoms with van der Waals surface area (Å²) in [6.45, 7) is 3.22. The lowest BCUT2D eigenvalue weighted by Gasteiger charge is -2.22. The van der Waals surface area contributed by atoms with Crippen molar-refractivity contribution < 1.29 is 9.84 Å². The van der Waals surface area contributed by atoms with Crippen molar-refractivity contribution in [1.82, 2.24) is 5.32 Å². The summed E-state index contributed by atoms with van der Waals surface area (Å²) < 4.78 is 5.82. The molecule has 1 aliphatic rings. The van der Waals surface area contributed by atoms with Crippen LogP contribution >= 0.6 is 0 Å². The van der Waals surface area contributed by atoms with Gasteiger partial charge in [-0.25, -0.2) is 0 Å². The van der Waals surface area contributed by atoms with Gasteiger partial charge in [0, 0.05) is 6.61 Å². The molecule has 1 aromatic rings. The molecule has 0 radical (unpaired) electrons. The van der Waals surface area contributed by atoms with E-state index in [9.17, 15) is 0 Å². The lowest BCUT2D eigenvalue weighted by Crippen LogP contribution is -2.30. The van der Waals surface area contributed by atoms with E-state index in [2.05, 4.69) is 5.32 Å². The molecule has 17 heavy (non-hydrogen) atoms. The van der Waals surface area contributed by atoms with E-state index in [0.717, 1.165) is 31.0 Å². The molecule has 0 bridgehead atoms. The van der Waals surface area contributed by atoms with Crippen LogP contribution in [0.5, 0.6) is 5.75 Å². The van der Waals surface area contributed by atoms with Crippen LogP contribution < -0.4 is 10.1 Å². The Balaban J connectivity index is 1.83. The first-order valence-electron chi connectivity index (χ1n) is 6.42. The Kier molecular flexibility index (Phi) is 4.83. The lowest BCUT2D eigenvalue weighted by atomic mass is 9.99. The third-order valence-electron chi connectivity index (χ3n) is 3.24. The Hall–Kier alpha value is -1.06. The average molecular weight is 235 g/mol. The van der Waals surface area contributed by atoms with Crippen molar-refractivity contribution in [2.75, 3.05) is 26.3 Å². The summed E-state index contributed by atoms with van der Waals surface area (Å²) in [6, 6.07) is 8.02. The van der Waals surface area contributed by atoms with Crippen LogP contribution in [0.3, 0.4) is 0 Å². The first-order chi connectivity index (χ1) is 8.38. The molecule has 1 fully saturated rings. The fraction of sp³-hybridized carbons (Fsp3) is 0.571. The van der Waals surface area contributed by atoms with E-state index in [-0.39, 0.29) is 6.61 Å². The standard InChI is InChI=1S/C14H21NO2/c16-9-6-12-2-1-3-14(10-12)17-11-13-4-7-15-8-5-13/h1-3,10,13,15-16H,4-9,11H2. The van der Waals surface area contributed by atoms with Crippen LogP contribution in [0.2, 0.25) is 0 Å². The van der Waals surface area contributed by atoms with Crippen LogP contribution in [0, 0.1) is 5.92 Å². The van der Waals surface area contributed by atoms with E-state index in [1.165, 1.54) is 12.8 Å². The first-order valence-corrected chi connectivity index (χ1v) is 6.42. The molecule has 0 atom stereocenters. The molecular weight excluding hydrogens is 214 g/mol. The number of ether oxygens (including phenoxy) is 1. The maximum atomic E-state index is 8.90. The second kappa shape index (κ2) is 6.62. The second-order valence-corrected chi connectivity index (χ2v) is 4.63. The van der Waals surface area contributed by atoms with Gasteiger partial charge in [-0.15, -0.1) is 0 Å². The maximum Gasteiger partial charge on any atom is 0.119 e. The van der Waals surface area contributed by atoms with E-state index in [4.69, 9.17) is 9.84 Å². The minimum Gasteiger partial charge on any atom is -0.493 e. The number of benzene rings is 1. The van der Waals surface area contributed by atoms with Gasteiger partial charge in [-0.1, -0.05) is 12.1 Å². The lowest BCUT2D eigenvalue weighted by molar-refractivity contribution is 0.215. The van der Waals surface area contributed by atoms with Crippen LogP contribution in [-0.2, 0) is 6.42 Å². The van der Waals surface area contributed by atoms with E-state index >= 15 is 0 Å². The van der Waals surface area contributed by atoms with Gasteiger partial charge in [0.2, 0.25) is 0 Å². The molecule has 0 unspecified atom stereocenters. The second-order valence-electron chi connectivity index (χ2n) is 4.63. The van der Waals surface area contributed by atoms with Crippen LogP contribution in [0.25, 0.3) is 0 Å². The van der Waals surface area contributed by atoms with Gasteiger partial charge >= 0.3 is 0 Å². The van der Waals surface area contributed by atoms with Crippen molar-refractivity contribution >= 4 is 0 Å². The molecule has 0 saturated carbocycles. The molecule has 0 spiro atoms. The predicted octanol–water partition coefficient (Wildman–Crippen LogP) is 1.60. The summed E-state index contributed by atoms with van der Waals surface area (Å²) in [4.78, 5) is 0. The van der Waals surface area contributed by atoms with Gasteiger partial charge in [-0.05, 0) is 56.0 Å². The molecule has 3 nitrogen and oxygen atoms in total. The molecule has 2 N–H and O–H groups in total. The zero-order valence-electron chi connectivity index (χ0n) is 10.2. The van der Waals surface area contributed by atoms with Crippen molar-refractivity contribution in [3.63, 3.8) is 0 Å². The molecular formula is C14H21NO2. The highest BCUT2D eigenvalue weighted by Crippen LogP contribution is 2.17. The first kappa shape index (κ1) is 12.4. The van der Waals surface area contributed by atoms with Crippen molar-refractivity contribution in [3.8, 4) is 5.75 Å². The van der Waals surface area contributed by atoms with Gasteiger partial charge in [-0.3, -0.25) is 0 Å².